The van der Waals surface area contributed by atoms with Gasteiger partial charge in [0.15, 0.2) is 0 Å². The van der Waals surface area contributed by atoms with Crippen LogP contribution in [0.5, 0.6) is 0 Å². The Kier molecular flexibility index (Phi) is 6.45. The first-order valence-corrected chi connectivity index (χ1v) is 10.5. The molecule has 0 aromatic carbocycles. The van der Waals surface area contributed by atoms with E-state index >= 15 is 0 Å². The maximum Gasteiger partial charge on any atom is 0.307 e. The summed E-state index contributed by atoms with van der Waals surface area (Å²) in [5.41, 5.74) is 2.57. The van der Waals surface area contributed by atoms with Crippen molar-refractivity contribution in [3.8, 4) is 9.75 Å². The summed E-state index contributed by atoms with van der Waals surface area (Å²) in [4.78, 5) is 22.3. The molecule has 1 unspecified atom stereocenters. The Morgan fingerprint density at radius 3 is 3.00 bits per heavy atom. The van der Waals surface area contributed by atoms with Crippen LogP contribution < -0.4 is 0 Å². The average molecular weight is 393 g/mol. The number of aryl methyl sites for hydroxylation is 2. The zero-order chi connectivity index (χ0) is 18.5. The van der Waals surface area contributed by atoms with Gasteiger partial charge in [-0.25, -0.2) is 0 Å². The fourth-order valence-electron chi connectivity index (χ4n) is 3.17. The first-order valence-electron chi connectivity index (χ1n) is 8.80. The minimum absolute atomic E-state index is 0.250. The summed E-state index contributed by atoms with van der Waals surface area (Å²) in [6, 6.07) is 4.28. The molecule has 1 atom stereocenters. The lowest BCUT2D eigenvalue weighted by Gasteiger charge is -2.29. The van der Waals surface area contributed by atoms with Crippen LogP contribution in [0, 0.1) is 19.8 Å². The molecule has 0 aliphatic carbocycles. The van der Waals surface area contributed by atoms with Crippen LogP contribution >= 0.6 is 22.7 Å². The summed E-state index contributed by atoms with van der Waals surface area (Å²) in [7, 11) is 0. The Hall–Kier alpha value is -1.70. The summed E-state index contributed by atoms with van der Waals surface area (Å²) in [5.74, 6) is -0.945. The van der Waals surface area contributed by atoms with Gasteiger partial charge in [-0.2, -0.15) is 0 Å². The number of aliphatic carboxylic acids is 1. The van der Waals surface area contributed by atoms with E-state index < -0.39 is 5.97 Å². The van der Waals surface area contributed by atoms with E-state index in [0.29, 0.717) is 19.7 Å². The first kappa shape index (κ1) is 19.1. The first-order chi connectivity index (χ1) is 12.5. The van der Waals surface area contributed by atoms with Crippen molar-refractivity contribution in [3.05, 3.63) is 33.5 Å². The van der Waals surface area contributed by atoms with Gasteiger partial charge < -0.3 is 9.94 Å². The second-order valence-electron chi connectivity index (χ2n) is 6.64. The molecule has 1 saturated heterocycles. The van der Waals surface area contributed by atoms with Crippen LogP contribution in [0.15, 0.2) is 22.7 Å². The number of thiophene rings is 2. The average Bonchev–Trinajstić information content (AvgIpc) is 3.20. The van der Waals surface area contributed by atoms with Crippen LogP contribution in [0.4, 0.5) is 0 Å². The zero-order valence-corrected chi connectivity index (χ0v) is 16.7. The molecule has 7 heteroatoms. The number of hydrogen-bond donors (Lipinski definition) is 1. The number of oxime groups is 1. The monoisotopic (exact) mass is 392 g/mol. The van der Waals surface area contributed by atoms with Crippen LogP contribution in [-0.4, -0.2) is 48.4 Å². The Bertz CT molecular complexity index is 782. The van der Waals surface area contributed by atoms with Gasteiger partial charge in [0.05, 0.1) is 12.1 Å². The molecule has 26 heavy (non-hydrogen) atoms. The van der Waals surface area contributed by atoms with Gasteiger partial charge in [0.1, 0.15) is 6.61 Å². The topological polar surface area (TPSA) is 62.1 Å². The van der Waals surface area contributed by atoms with E-state index in [-0.39, 0.29) is 5.92 Å². The SMILES string of the molecule is Cc1ccsc1-c1sc(/C=N/OCCN2CCCC(C(=O)O)C2)cc1C. The lowest BCUT2D eigenvalue weighted by Crippen LogP contribution is -2.40. The molecular formula is C19H24N2O3S2. The zero-order valence-electron chi connectivity index (χ0n) is 15.1. The van der Waals surface area contributed by atoms with Gasteiger partial charge in [-0.3, -0.25) is 9.69 Å². The molecule has 0 radical (unpaired) electrons. The van der Waals surface area contributed by atoms with E-state index in [1.165, 1.54) is 20.9 Å². The second-order valence-corrected chi connectivity index (χ2v) is 8.64. The van der Waals surface area contributed by atoms with Crippen molar-refractivity contribution in [2.24, 2.45) is 11.1 Å². The van der Waals surface area contributed by atoms with Crippen molar-refractivity contribution in [3.63, 3.8) is 0 Å². The normalized spacial score (nSPS) is 18.5. The van der Waals surface area contributed by atoms with Crippen molar-refractivity contribution in [2.45, 2.75) is 26.7 Å². The van der Waals surface area contributed by atoms with Gasteiger partial charge in [-0.1, -0.05) is 5.16 Å². The van der Waals surface area contributed by atoms with Gasteiger partial charge in [0.25, 0.3) is 0 Å². The van der Waals surface area contributed by atoms with Gasteiger partial charge in [0.2, 0.25) is 0 Å². The van der Waals surface area contributed by atoms with Gasteiger partial charge in [0, 0.05) is 27.7 Å². The molecule has 1 aliphatic heterocycles. The quantitative estimate of drug-likeness (QED) is 0.435. The standard InChI is InChI=1S/C19H24N2O3S2/c1-13-5-9-25-17(13)18-14(2)10-16(26-18)11-20-24-8-7-21-6-3-4-15(12-21)19(22)23/h5,9-11,15H,3-4,6-8,12H2,1-2H3,(H,22,23)/b20-11+. The minimum atomic E-state index is -0.696. The predicted octanol–water partition coefficient (Wildman–Crippen LogP) is 4.24. The van der Waals surface area contributed by atoms with E-state index in [1.54, 1.807) is 28.9 Å². The molecule has 5 nitrogen and oxygen atoms in total. The van der Waals surface area contributed by atoms with Crippen molar-refractivity contribution >= 4 is 34.9 Å². The maximum absolute atomic E-state index is 11.1. The fourth-order valence-corrected chi connectivity index (χ4v) is 5.41. The molecule has 140 valence electrons. The summed E-state index contributed by atoms with van der Waals surface area (Å²) < 4.78 is 0. The molecule has 2 aromatic rings. The third-order valence-corrected chi connectivity index (χ3v) is 6.97. The highest BCUT2D eigenvalue weighted by Gasteiger charge is 2.24. The lowest BCUT2D eigenvalue weighted by atomic mass is 9.98. The third-order valence-electron chi connectivity index (χ3n) is 4.61. The Morgan fingerprint density at radius 2 is 2.27 bits per heavy atom. The highest BCUT2D eigenvalue weighted by molar-refractivity contribution is 7.22. The number of carboxylic acid groups (broad SMARTS) is 1. The molecule has 0 amide bonds. The van der Waals surface area contributed by atoms with E-state index in [9.17, 15) is 4.79 Å². The van der Waals surface area contributed by atoms with Gasteiger partial charge in [-0.05, 0) is 61.9 Å². The van der Waals surface area contributed by atoms with Crippen molar-refractivity contribution in [2.75, 3.05) is 26.2 Å². The smallest absolute Gasteiger partial charge is 0.307 e. The fraction of sp³-hybridized carbons (Fsp3) is 0.474. The second kappa shape index (κ2) is 8.79. The highest BCUT2D eigenvalue weighted by Crippen LogP contribution is 2.37. The van der Waals surface area contributed by atoms with Crippen LogP contribution in [0.1, 0.15) is 28.8 Å². The molecule has 0 bridgehead atoms. The Labute approximate surface area is 161 Å². The molecule has 1 N–H and O–H groups in total. The highest BCUT2D eigenvalue weighted by atomic mass is 32.1. The minimum Gasteiger partial charge on any atom is -0.481 e. The van der Waals surface area contributed by atoms with Crippen molar-refractivity contribution in [1.82, 2.24) is 4.90 Å². The molecule has 0 spiro atoms. The van der Waals surface area contributed by atoms with E-state index in [1.807, 2.05) is 0 Å². The Morgan fingerprint density at radius 1 is 1.42 bits per heavy atom. The van der Waals surface area contributed by atoms with Crippen molar-refractivity contribution in [1.29, 1.82) is 0 Å². The summed E-state index contributed by atoms with van der Waals surface area (Å²) >= 11 is 3.49. The molecule has 0 saturated carbocycles. The number of nitrogens with zero attached hydrogens (tertiary/aromatic N) is 2. The lowest BCUT2D eigenvalue weighted by molar-refractivity contribution is -0.143. The van der Waals surface area contributed by atoms with E-state index in [0.717, 1.165) is 24.3 Å². The number of carboxylic acids is 1. The Balaban J connectivity index is 1.48. The molecule has 2 aromatic heterocycles. The number of rotatable bonds is 7. The van der Waals surface area contributed by atoms with Crippen LogP contribution in [0.2, 0.25) is 0 Å². The van der Waals surface area contributed by atoms with Gasteiger partial charge in [-0.15, -0.1) is 22.7 Å². The number of piperidine rings is 1. The molecular weight excluding hydrogens is 368 g/mol. The van der Waals surface area contributed by atoms with Crippen LogP contribution in [-0.2, 0) is 9.63 Å². The van der Waals surface area contributed by atoms with E-state index in [4.69, 9.17) is 9.94 Å². The molecule has 3 heterocycles. The number of hydrogen-bond acceptors (Lipinski definition) is 6. The van der Waals surface area contributed by atoms with E-state index in [2.05, 4.69) is 41.4 Å². The van der Waals surface area contributed by atoms with Gasteiger partial charge >= 0.3 is 5.97 Å². The molecule has 1 aliphatic rings. The molecule has 1 fully saturated rings. The molecule has 3 rings (SSSR count). The number of likely N-dealkylation sites (tertiary alicyclic amines) is 1. The summed E-state index contributed by atoms with van der Waals surface area (Å²) in [5, 5.41) is 15.3. The largest absolute Gasteiger partial charge is 0.481 e. The predicted molar refractivity (Wildman–Crippen MR) is 107 cm³/mol. The van der Waals surface area contributed by atoms with Crippen LogP contribution in [0.3, 0.4) is 0 Å². The summed E-state index contributed by atoms with van der Waals surface area (Å²) in [6.07, 6.45) is 3.47. The van der Waals surface area contributed by atoms with Crippen molar-refractivity contribution < 1.29 is 14.7 Å². The maximum atomic E-state index is 11.1. The number of carbonyl (C=O) groups is 1. The van der Waals surface area contributed by atoms with Crippen LogP contribution in [0.25, 0.3) is 9.75 Å². The third kappa shape index (κ3) is 4.72. The summed E-state index contributed by atoms with van der Waals surface area (Å²) in [6.45, 7) is 6.99.